The largest absolute Gasteiger partial charge is 0.396 e. The summed E-state index contributed by atoms with van der Waals surface area (Å²) in [5.74, 6) is -0.312. The normalized spacial score (nSPS) is 11.5. The van der Waals surface area contributed by atoms with Crippen molar-refractivity contribution in [3.8, 4) is 11.1 Å². The third kappa shape index (κ3) is 2.87. The number of aryl methyl sites for hydroxylation is 2. The number of aliphatic hydroxyl groups excluding tert-OH is 1. The Kier molecular flexibility index (Phi) is 4.41. The van der Waals surface area contributed by atoms with Crippen LogP contribution in [0, 0.1) is 5.82 Å². The van der Waals surface area contributed by atoms with Crippen LogP contribution in [0.1, 0.15) is 19.0 Å². The molecule has 7 nitrogen and oxygen atoms in total. The van der Waals surface area contributed by atoms with Gasteiger partial charge in [0.15, 0.2) is 11.2 Å². The van der Waals surface area contributed by atoms with Crippen molar-refractivity contribution >= 4 is 16.7 Å². The zero-order chi connectivity index (χ0) is 19.0. The molecule has 0 fully saturated rings. The maximum Gasteiger partial charge on any atom is 0.280 e. The number of halogens is 1. The number of nitrogens with zero attached hydrogens (tertiary/aromatic N) is 5. The number of aromatic nitrogens is 5. The maximum absolute atomic E-state index is 13.3. The number of pyridine rings is 1. The lowest BCUT2D eigenvalue weighted by Crippen LogP contribution is -2.22. The molecule has 0 bridgehead atoms. The van der Waals surface area contributed by atoms with Crippen molar-refractivity contribution in [1.82, 2.24) is 24.4 Å². The van der Waals surface area contributed by atoms with Crippen LogP contribution < -0.4 is 5.56 Å². The van der Waals surface area contributed by atoms with Crippen molar-refractivity contribution in [2.24, 2.45) is 0 Å². The van der Waals surface area contributed by atoms with E-state index < -0.39 is 0 Å². The van der Waals surface area contributed by atoms with Crippen molar-refractivity contribution < 1.29 is 9.50 Å². The Bertz CT molecular complexity index is 1180. The molecule has 1 aromatic carbocycles. The quantitative estimate of drug-likeness (QED) is 0.584. The molecule has 0 atom stereocenters. The molecule has 0 radical (unpaired) electrons. The van der Waals surface area contributed by atoms with Gasteiger partial charge < -0.3 is 9.67 Å². The van der Waals surface area contributed by atoms with E-state index in [0.717, 1.165) is 16.8 Å². The van der Waals surface area contributed by atoms with Crippen LogP contribution in [0.25, 0.3) is 27.8 Å². The summed E-state index contributed by atoms with van der Waals surface area (Å²) < 4.78 is 16.4. The smallest absolute Gasteiger partial charge is 0.280 e. The van der Waals surface area contributed by atoms with Crippen LogP contribution in [-0.4, -0.2) is 36.1 Å². The van der Waals surface area contributed by atoms with Crippen LogP contribution in [0.4, 0.5) is 4.39 Å². The third-order valence-electron chi connectivity index (χ3n) is 4.55. The number of rotatable bonds is 5. The van der Waals surface area contributed by atoms with E-state index in [4.69, 9.17) is 5.11 Å². The topological polar surface area (TPSA) is 85.3 Å². The molecular weight excluding hydrogens is 349 g/mol. The highest BCUT2D eigenvalue weighted by molar-refractivity contribution is 5.84. The second-order valence-electron chi connectivity index (χ2n) is 6.24. The first-order valence-electron chi connectivity index (χ1n) is 8.78. The fourth-order valence-corrected chi connectivity index (χ4v) is 3.21. The molecule has 3 heterocycles. The highest BCUT2D eigenvalue weighted by Gasteiger charge is 2.18. The van der Waals surface area contributed by atoms with Crippen molar-refractivity contribution in [1.29, 1.82) is 0 Å². The Morgan fingerprint density at radius 2 is 1.93 bits per heavy atom. The van der Waals surface area contributed by atoms with Crippen LogP contribution in [0.5, 0.6) is 0 Å². The van der Waals surface area contributed by atoms with E-state index in [-0.39, 0.29) is 23.5 Å². The summed E-state index contributed by atoms with van der Waals surface area (Å²) in [4.78, 5) is 12.6. The molecule has 27 heavy (non-hydrogen) atoms. The van der Waals surface area contributed by atoms with E-state index in [1.165, 1.54) is 16.7 Å². The zero-order valence-electron chi connectivity index (χ0n) is 14.8. The summed E-state index contributed by atoms with van der Waals surface area (Å²) in [7, 11) is 0. The minimum atomic E-state index is -0.312. The monoisotopic (exact) mass is 367 g/mol. The second kappa shape index (κ2) is 6.88. The average molecular weight is 367 g/mol. The van der Waals surface area contributed by atoms with Crippen molar-refractivity contribution in [3.05, 3.63) is 58.4 Å². The van der Waals surface area contributed by atoms with Crippen LogP contribution >= 0.6 is 0 Å². The van der Waals surface area contributed by atoms with Gasteiger partial charge in [-0.15, -0.1) is 10.2 Å². The molecule has 0 saturated heterocycles. The van der Waals surface area contributed by atoms with Crippen LogP contribution in [0.3, 0.4) is 0 Å². The van der Waals surface area contributed by atoms with Crippen LogP contribution in [0.2, 0.25) is 0 Å². The molecule has 1 N–H and O–H groups in total. The number of hydrogen-bond acceptors (Lipinski definition) is 5. The molecular formula is C19H18FN5O2. The zero-order valence-corrected chi connectivity index (χ0v) is 14.8. The molecule has 4 aromatic rings. The summed E-state index contributed by atoms with van der Waals surface area (Å²) in [5.41, 5.74) is 3.43. The number of hydrogen-bond donors (Lipinski definition) is 1. The number of fused-ring (bicyclic) bond motifs is 3. The van der Waals surface area contributed by atoms with Gasteiger partial charge in [-0.25, -0.2) is 8.91 Å². The molecule has 0 amide bonds. The van der Waals surface area contributed by atoms with Gasteiger partial charge in [-0.2, -0.15) is 5.10 Å². The van der Waals surface area contributed by atoms with Gasteiger partial charge in [-0.3, -0.25) is 4.79 Å². The number of benzene rings is 1. The lowest BCUT2D eigenvalue weighted by atomic mass is 10.0. The first-order valence-corrected chi connectivity index (χ1v) is 8.78. The van der Waals surface area contributed by atoms with E-state index in [9.17, 15) is 9.18 Å². The van der Waals surface area contributed by atoms with Gasteiger partial charge in [0, 0.05) is 19.3 Å². The van der Waals surface area contributed by atoms with E-state index >= 15 is 0 Å². The molecule has 3 aromatic heterocycles. The highest BCUT2D eigenvalue weighted by Crippen LogP contribution is 2.29. The first-order chi connectivity index (χ1) is 13.1. The summed E-state index contributed by atoms with van der Waals surface area (Å²) in [6.45, 7) is 2.40. The molecule has 138 valence electrons. The van der Waals surface area contributed by atoms with E-state index in [2.05, 4.69) is 15.3 Å². The van der Waals surface area contributed by atoms with Gasteiger partial charge in [-0.05, 0) is 36.6 Å². The third-order valence-corrected chi connectivity index (χ3v) is 4.55. The maximum atomic E-state index is 13.3. The first kappa shape index (κ1) is 17.3. The van der Waals surface area contributed by atoms with Gasteiger partial charge in [0.1, 0.15) is 11.3 Å². The lowest BCUT2D eigenvalue weighted by Gasteiger charge is -2.06. The van der Waals surface area contributed by atoms with E-state index in [0.29, 0.717) is 30.6 Å². The summed E-state index contributed by atoms with van der Waals surface area (Å²) in [6, 6.07) is 7.93. The molecule has 4 rings (SSSR count). The Balaban J connectivity index is 1.97. The Morgan fingerprint density at radius 1 is 1.15 bits per heavy atom. The Hall–Kier alpha value is -3.13. The van der Waals surface area contributed by atoms with Crippen LogP contribution in [0.15, 0.2) is 41.3 Å². The fourth-order valence-electron chi connectivity index (χ4n) is 3.21. The average Bonchev–Trinajstić information content (AvgIpc) is 3.07. The van der Waals surface area contributed by atoms with Crippen molar-refractivity contribution in [3.63, 3.8) is 0 Å². The highest BCUT2D eigenvalue weighted by atomic mass is 19.1. The predicted octanol–water partition coefficient (Wildman–Crippen LogP) is 2.19. The molecule has 0 unspecified atom stereocenters. The summed E-state index contributed by atoms with van der Waals surface area (Å²) in [6.07, 6.45) is 2.81. The van der Waals surface area contributed by atoms with Gasteiger partial charge >= 0.3 is 0 Å². The molecule has 0 spiro atoms. The Morgan fingerprint density at radius 3 is 2.63 bits per heavy atom. The minimum Gasteiger partial charge on any atom is -0.396 e. The lowest BCUT2D eigenvalue weighted by molar-refractivity contribution is 0.279. The molecule has 0 aliphatic carbocycles. The second-order valence-corrected chi connectivity index (χ2v) is 6.24. The predicted molar refractivity (Wildman–Crippen MR) is 99.0 cm³/mol. The minimum absolute atomic E-state index is 0.00916. The van der Waals surface area contributed by atoms with Crippen LogP contribution in [-0.2, 0) is 13.0 Å². The fraction of sp³-hybridized carbons (Fsp3) is 0.263. The van der Waals surface area contributed by atoms with E-state index in [1.807, 2.05) is 6.92 Å². The number of aliphatic hydroxyl groups is 1. The summed E-state index contributed by atoms with van der Waals surface area (Å²) in [5, 5.41) is 22.0. The van der Waals surface area contributed by atoms with Gasteiger partial charge in [0.25, 0.3) is 5.56 Å². The van der Waals surface area contributed by atoms with Gasteiger partial charge in [-0.1, -0.05) is 19.1 Å². The molecule has 0 saturated carbocycles. The van der Waals surface area contributed by atoms with E-state index in [1.54, 1.807) is 28.9 Å². The SMILES string of the molecule is CCc1nn2c(nnc3c(=O)n(CCCO)ccc32)c1-c1ccc(F)cc1. The molecule has 8 heteroatoms. The standard InChI is InChI=1S/C19H18FN5O2/c1-2-14-16(12-4-6-13(20)7-5-12)18-22-21-17-15(25(18)23-14)8-10-24(19(17)27)9-3-11-26/h4-8,10,26H,2-3,9,11H2,1H3. The molecule has 0 aliphatic heterocycles. The van der Waals surface area contributed by atoms with Gasteiger partial charge in [0.2, 0.25) is 0 Å². The van der Waals surface area contributed by atoms with Crippen molar-refractivity contribution in [2.45, 2.75) is 26.3 Å². The molecule has 0 aliphatic rings. The van der Waals surface area contributed by atoms with Gasteiger partial charge in [0.05, 0.1) is 11.3 Å². The Labute approximate surface area is 153 Å². The summed E-state index contributed by atoms with van der Waals surface area (Å²) >= 11 is 0. The van der Waals surface area contributed by atoms with Crippen molar-refractivity contribution in [2.75, 3.05) is 6.61 Å².